The molecule has 1 amide bonds. The van der Waals surface area contributed by atoms with Crippen molar-refractivity contribution in [3.05, 3.63) is 78.3 Å². The molecule has 6 nitrogen and oxygen atoms in total. The fourth-order valence-corrected chi connectivity index (χ4v) is 4.07. The first kappa shape index (κ1) is 17.0. The fraction of sp³-hybridized carbons (Fsp3) is 0.273. The molecule has 5 rings (SSSR count). The summed E-state index contributed by atoms with van der Waals surface area (Å²) < 4.78 is 13.4. The average molecular weight is 375 g/mol. The predicted octanol–water partition coefficient (Wildman–Crippen LogP) is 3.53. The summed E-state index contributed by atoms with van der Waals surface area (Å²) in [7, 11) is 0. The number of morpholine rings is 1. The second kappa shape index (κ2) is 7.13. The summed E-state index contributed by atoms with van der Waals surface area (Å²) in [5.41, 5.74) is 4.24. The van der Waals surface area contributed by atoms with Crippen molar-refractivity contribution in [3.63, 3.8) is 0 Å². The molecular formula is C22H21N3O3. The molecule has 0 spiro atoms. The first-order valence-corrected chi connectivity index (χ1v) is 9.49. The normalized spacial score (nSPS) is 21.4. The first-order chi connectivity index (χ1) is 13.8. The maximum atomic E-state index is 12.8. The van der Waals surface area contributed by atoms with E-state index in [1.54, 1.807) is 6.20 Å². The average Bonchev–Trinajstić information content (AvgIpc) is 3.21. The van der Waals surface area contributed by atoms with Crippen LogP contribution in [0.15, 0.2) is 67.0 Å². The number of carbonyl (C=O) groups excluding carboxylic acids is 1. The highest BCUT2D eigenvalue weighted by molar-refractivity contribution is 5.74. The van der Waals surface area contributed by atoms with Gasteiger partial charge < -0.3 is 13.9 Å². The summed E-state index contributed by atoms with van der Waals surface area (Å²) in [6.45, 7) is 1.29. The topological polar surface area (TPSA) is 56.1 Å². The molecule has 6 heteroatoms. The first-order valence-electron chi connectivity index (χ1n) is 9.49. The molecule has 2 aliphatic rings. The number of benzene rings is 1. The zero-order valence-electron chi connectivity index (χ0n) is 15.4. The Morgan fingerprint density at radius 1 is 1.14 bits per heavy atom. The van der Waals surface area contributed by atoms with Crippen molar-refractivity contribution in [1.29, 1.82) is 0 Å². The van der Waals surface area contributed by atoms with Crippen molar-refractivity contribution in [2.45, 2.75) is 25.1 Å². The van der Waals surface area contributed by atoms with E-state index in [-0.39, 0.29) is 24.8 Å². The van der Waals surface area contributed by atoms with Crippen LogP contribution in [0.25, 0.3) is 11.2 Å². The third-order valence-electron chi connectivity index (χ3n) is 5.37. The number of amides is 1. The van der Waals surface area contributed by atoms with Crippen LogP contribution in [0.5, 0.6) is 0 Å². The van der Waals surface area contributed by atoms with Gasteiger partial charge in [0.1, 0.15) is 12.3 Å². The molecular weight excluding hydrogens is 354 g/mol. The van der Waals surface area contributed by atoms with Gasteiger partial charge in [0.25, 0.3) is 0 Å². The monoisotopic (exact) mass is 375 g/mol. The Morgan fingerprint density at radius 3 is 2.89 bits per heavy atom. The number of hydrogen-bond donors (Lipinski definition) is 0. The summed E-state index contributed by atoms with van der Waals surface area (Å²) in [6.07, 6.45) is 6.36. The maximum Gasteiger partial charge on any atom is 0.411 e. The molecule has 4 heterocycles. The van der Waals surface area contributed by atoms with E-state index in [0.29, 0.717) is 13.2 Å². The van der Waals surface area contributed by atoms with E-state index in [9.17, 15) is 4.79 Å². The summed E-state index contributed by atoms with van der Waals surface area (Å²) >= 11 is 0. The number of aromatic nitrogens is 2. The molecule has 0 aliphatic carbocycles. The van der Waals surface area contributed by atoms with Gasteiger partial charge >= 0.3 is 6.09 Å². The van der Waals surface area contributed by atoms with Crippen molar-refractivity contribution < 1.29 is 14.3 Å². The Morgan fingerprint density at radius 2 is 2.04 bits per heavy atom. The highest BCUT2D eigenvalue weighted by Crippen LogP contribution is 2.33. The van der Waals surface area contributed by atoms with Gasteiger partial charge in [0, 0.05) is 12.4 Å². The van der Waals surface area contributed by atoms with Crippen LogP contribution in [0, 0.1) is 0 Å². The van der Waals surface area contributed by atoms with E-state index >= 15 is 0 Å². The van der Waals surface area contributed by atoms with Crippen LogP contribution in [0.1, 0.15) is 17.7 Å². The minimum Gasteiger partial charge on any atom is -0.445 e. The summed E-state index contributed by atoms with van der Waals surface area (Å²) in [4.78, 5) is 19.0. The van der Waals surface area contributed by atoms with Crippen LogP contribution < -0.4 is 0 Å². The van der Waals surface area contributed by atoms with Gasteiger partial charge in [-0.3, -0.25) is 4.90 Å². The number of ether oxygens (including phenoxy) is 2. The number of imidazole rings is 1. The molecule has 2 atom stereocenters. The predicted molar refractivity (Wildman–Crippen MR) is 105 cm³/mol. The number of nitrogens with zero attached hydrogens (tertiary/aromatic N) is 3. The van der Waals surface area contributed by atoms with Crippen LogP contribution in [0.2, 0.25) is 0 Å². The Hall–Kier alpha value is -3.12. The highest BCUT2D eigenvalue weighted by atomic mass is 16.6. The summed E-state index contributed by atoms with van der Waals surface area (Å²) in [5.74, 6) is 0. The number of hydrogen-bond acceptors (Lipinski definition) is 4. The Balaban J connectivity index is 1.39. The molecule has 3 aromatic rings. The van der Waals surface area contributed by atoms with E-state index in [4.69, 9.17) is 9.47 Å². The lowest BCUT2D eigenvalue weighted by Crippen LogP contribution is -2.56. The van der Waals surface area contributed by atoms with Gasteiger partial charge in [-0.15, -0.1) is 0 Å². The molecule has 0 N–H and O–H groups in total. The van der Waals surface area contributed by atoms with E-state index in [0.717, 1.165) is 23.3 Å². The summed E-state index contributed by atoms with van der Waals surface area (Å²) in [5, 5.41) is 0. The minimum absolute atomic E-state index is 0.0270. The highest BCUT2D eigenvalue weighted by Gasteiger charge is 2.39. The van der Waals surface area contributed by atoms with E-state index < -0.39 is 0 Å². The van der Waals surface area contributed by atoms with Crippen molar-refractivity contribution >= 4 is 17.3 Å². The standard InChI is InChI=1S/C22H21N3O3/c26-22(28-13-16-5-2-1-3-6-16)25-18-11-17(12-19(25)15-27-14-18)20-7-4-8-21-23-9-10-24(20)21/h1-11,18-19H,12-15H2. The van der Waals surface area contributed by atoms with E-state index in [2.05, 4.69) is 21.5 Å². The van der Waals surface area contributed by atoms with Crippen LogP contribution in [0.3, 0.4) is 0 Å². The van der Waals surface area contributed by atoms with Gasteiger partial charge in [0.05, 0.1) is 31.0 Å². The maximum absolute atomic E-state index is 12.8. The molecule has 2 aromatic heterocycles. The second-order valence-corrected chi connectivity index (χ2v) is 7.17. The van der Waals surface area contributed by atoms with Crippen molar-refractivity contribution in [3.8, 4) is 0 Å². The smallest absolute Gasteiger partial charge is 0.411 e. The lowest BCUT2D eigenvalue weighted by molar-refractivity contribution is -0.0342. The zero-order valence-corrected chi connectivity index (χ0v) is 15.4. The van der Waals surface area contributed by atoms with Gasteiger partial charge in [-0.1, -0.05) is 42.5 Å². The van der Waals surface area contributed by atoms with Crippen LogP contribution >= 0.6 is 0 Å². The van der Waals surface area contributed by atoms with Crippen molar-refractivity contribution in [2.75, 3.05) is 13.2 Å². The lowest BCUT2D eigenvalue weighted by Gasteiger charge is -2.43. The zero-order chi connectivity index (χ0) is 18.9. The molecule has 28 heavy (non-hydrogen) atoms. The van der Waals surface area contributed by atoms with Gasteiger partial charge in [0.15, 0.2) is 0 Å². The molecule has 1 saturated heterocycles. The number of rotatable bonds is 3. The Bertz CT molecular complexity index is 1030. The summed E-state index contributed by atoms with van der Waals surface area (Å²) in [6, 6.07) is 15.7. The van der Waals surface area contributed by atoms with Gasteiger partial charge in [0.2, 0.25) is 0 Å². The van der Waals surface area contributed by atoms with Crippen LogP contribution in [0.4, 0.5) is 4.79 Å². The van der Waals surface area contributed by atoms with Crippen molar-refractivity contribution in [1.82, 2.24) is 14.3 Å². The molecule has 142 valence electrons. The number of pyridine rings is 1. The molecule has 2 bridgehead atoms. The number of fused-ring (bicyclic) bond motifs is 3. The van der Waals surface area contributed by atoms with E-state index in [1.807, 2.05) is 53.6 Å². The van der Waals surface area contributed by atoms with Gasteiger partial charge in [-0.05, 0) is 29.7 Å². The SMILES string of the molecule is O=C(OCc1ccccc1)N1C2C=C(c3cccc4nccn34)CC1COC2. The van der Waals surface area contributed by atoms with Crippen molar-refractivity contribution in [2.24, 2.45) is 0 Å². The molecule has 2 unspecified atom stereocenters. The quantitative estimate of drug-likeness (QED) is 0.703. The molecule has 1 fully saturated rings. The molecule has 2 aliphatic heterocycles. The third kappa shape index (κ3) is 3.05. The van der Waals surface area contributed by atoms with Crippen LogP contribution in [-0.2, 0) is 16.1 Å². The third-order valence-corrected chi connectivity index (χ3v) is 5.37. The lowest BCUT2D eigenvalue weighted by atomic mass is 9.92. The van der Waals surface area contributed by atoms with E-state index in [1.165, 1.54) is 5.57 Å². The molecule has 0 saturated carbocycles. The Labute approximate surface area is 163 Å². The number of carbonyl (C=O) groups is 1. The molecule has 0 radical (unpaired) electrons. The second-order valence-electron chi connectivity index (χ2n) is 7.17. The largest absolute Gasteiger partial charge is 0.445 e. The van der Waals surface area contributed by atoms with Gasteiger partial charge in [-0.25, -0.2) is 9.78 Å². The minimum atomic E-state index is -0.279. The van der Waals surface area contributed by atoms with Gasteiger partial charge in [-0.2, -0.15) is 0 Å². The molecule has 1 aromatic carbocycles. The fourth-order valence-electron chi connectivity index (χ4n) is 4.07. The Kier molecular flexibility index (Phi) is 4.33. The van der Waals surface area contributed by atoms with Crippen LogP contribution in [-0.4, -0.2) is 45.7 Å².